The molecule has 1 atom stereocenters. The average Bonchev–Trinajstić information content (AvgIpc) is 3.33. The molecular formula is C27H37ClN6O. The third-order valence-corrected chi connectivity index (χ3v) is 7.10. The smallest absolute Gasteiger partial charge is 0.258 e. The van der Waals surface area contributed by atoms with Crippen molar-refractivity contribution in [2.24, 2.45) is 0 Å². The zero-order valence-corrected chi connectivity index (χ0v) is 21.9. The molecule has 0 radical (unpaired) electrons. The maximum atomic E-state index is 13.3. The van der Waals surface area contributed by atoms with Crippen LogP contribution in [0.25, 0.3) is 11.0 Å². The number of benzene rings is 1. The van der Waals surface area contributed by atoms with Crippen molar-refractivity contribution in [2.75, 3.05) is 31.5 Å². The number of aryl methyl sites for hydroxylation is 3. The summed E-state index contributed by atoms with van der Waals surface area (Å²) >= 11 is 0. The topological polar surface area (TPSA) is 75.1 Å². The number of carbonyl (C=O) groups excluding carboxylic acids is 1. The van der Waals surface area contributed by atoms with E-state index in [1.807, 2.05) is 26.0 Å². The van der Waals surface area contributed by atoms with Crippen LogP contribution < -0.4 is 10.6 Å². The number of amides is 1. The lowest BCUT2D eigenvalue weighted by molar-refractivity contribution is 0.102. The van der Waals surface area contributed by atoms with Crippen LogP contribution in [0.1, 0.15) is 71.0 Å². The van der Waals surface area contributed by atoms with Gasteiger partial charge in [0.1, 0.15) is 0 Å². The van der Waals surface area contributed by atoms with Crippen molar-refractivity contribution in [3.05, 3.63) is 52.3 Å². The summed E-state index contributed by atoms with van der Waals surface area (Å²) < 4.78 is 2.28. The molecular weight excluding hydrogens is 460 g/mol. The van der Waals surface area contributed by atoms with E-state index in [0.29, 0.717) is 11.5 Å². The van der Waals surface area contributed by atoms with Crippen LogP contribution in [0.5, 0.6) is 0 Å². The maximum Gasteiger partial charge on any atom is 0.258 e. The molecule has 0 bridgehead atoms. The number of anilines is 1. The minimum Gasteiger partial charge on any atom is -0.315 e. The molecule has 4 heterocycles. The van der Waals surface area contributed by atoms with Crippen LogP contribution in [0.3, 0.4) is 0 Å². The Hall–Kier alpha value is -2.48. The number of rotatable bonds is 5. The van der Waals surface area contributed by atoms with Crippen LogP contribution in [0, 0.1) is 20.8 Å². The Labute approximate surface area is 214 Å². The summed E-state index contributed by atoms with van der Waals surface area (Å²) in [6.07, 6.45) is 5.99. The molecule has 2 N–H and O–H groups in total. The first-order valence-electron chi connectivity index (χ1n) is 12.7. The summed E-state index contributed by atoms with van der Waals surface area (Å²) in [5.74, 6) is 0.504. The molecule has 3 aromatic rings. The van der Waals surface area contributed by atoms with Gasteiger partial charge in [0.15, 0.2) is 0 Å². The van der Waals surface area contributed by atoms with E-state index in [1.165, 1.54) is 49.9 Å². The number of nitrogens with zero attached hydrogens (tertiary/aromatic N) is 4. The molecule has 35 heavy (non-hydrogen) atoms. The standard InChI is InChI=1S/C27H36N6O.ClH/c1-18-12-21(17-32-10-6-7-11-32)15-24-25(18)33(23-8-4-5-9-28-16-23)27(30-24)31-26(34)22-13-19(2)29-20(3)14-22;/h12-15,23,28H,4-11,16-17H2,1-3H3,(H,30,31,34);1H. The normalized spacial score (nSPS) is 18.9. The number of imidazole rings is 1. The SMILES string of the molecule is Cc1cc(C(=O)Nc2nc3cc(CN4CCCC4)cc(C)c3n2C2CCCCNC2)cc(C)n1.Cl. The first-order valence-corrected chi connectivity index (χ1v) is 12.7. The highest BCUT2D eigenvalue weighted by Crippen LogP contribution is 2.32. The quantitative estimate of drug-likeness (QED) is 0.523. The van der Waals surface area contributed by atoms with Crippen LogP contribution >= 0.6 is 12.4 Å². The van der Waals surface area contributed by atoms with Gasteiger partial charge >= 0.3 is 0 Å². The summed E-state index contributed by atoms with van der Waals surface area (Å²) in [4.78, 5) is 25.2. The molecule has 5 rings (SSSR count). The Balaban J connectivity index is 0.00000289. The predicted molar refractivity (Wildman–Crippen MR) is 144 cm³/mol. The van der Waals surface area contributed by atoms with Crippen LogP contribution in [0.2, 0.25) is 0 Å². The van der Waals surface area contributed by atoms with E-state index in [-0.39, 0.29) is 24.4 Å². The summed E-state index contributed by atoms with van der Waals surface area (Å²) in [6, 6.07) is 8.46. The van der Waals surface area contributed by atoms with Gasteiger partial charge in [0.2, 0.25) is 5.95 Å². The number of hydrogen-bond donors (Lipinski definition) is 2. The second-order valence-electron chi connectivity index (χ2n) is 10.0. The van der Waals surface area contributed by atoms with Crippen molar-refractivity contribution < 1.29 is 4.79 Å². The zero-order chi connectivity index (χ0) is 23.7. The fourth-order valence-electron chi connectivity index (χ4n) is 5.60. The molecule has 1 amide bonds. The van der Waals surface area contributed by atoms with Gasteiger partial charge < -0.3 is 9.88 Å². The van der Waals surface area contributed by atoms with Gasteiger partial charge in [0, 0.05) is 36.1 Å². The molecule has 0 saturated carbocycles. The molecule has 1 unspecified atom stereocenters. The van der Waals surface area contributed by atoms with Crippen molar-refractivity contribution in [3.63, 3.8) is 0 Å². The lowest BCUT2D eigenvalue weighted by atomic mass is 10.1. The number of hydrogen-bond acceptors (Lipinski definition) is 5. The lowest BCUT2D eigenvalue weighted by Crippen LogP contribution is -2.26. The fraction of sp³-hybridized carbons (Fsp3) is 0.519. The van der Waals surface area contributed by atoms with Gasteiger partial charge in [-0.3, -0.25) is 20.0 Å². The third kappa shape index (κ3) is 5.68. The van der Waals surface area contributed by atoms with E-state index in [4.69, 9.17) is 4.98 Å². The Morgan fingerprint density at radius 2 is 1.77 bits per heavy atom. The van der Waals surface area contributed by atoms with E-state index in [0.717, 1.165) is 48.5 Å². The summed E-state index contributed by atoms with van der Waals surface area (Å²) in [5.41, 5.74) is 6.93. The number of nitrogens with one attached hydrogen (secondary N) is 2. The molecule has 2 saturated heterocycles. The minimum absolute atomic E-state index is 0. The van der Waals surface area contributed by atoms with Crippen molar-refractivity contribution in [1.29, 1.82) is 0 Å². The summed E-state index contributed by atoms with van der Waals surface area (Å²) in [6.45, 7) is 11.3. The molecule has 0 aliphatic carbocycles. The van der Waals surface area contributed by atoms with Gasteiger partial charge in [0.05, 0.1) is 11.0 Å². The van der Waals surface area contributed by atoms with Crippen molar-refractivity contribution >= 4 is 35.3 Å². The number of fused-ring (bicyclic) bond motifs is 1. The maximum absolute atomic E-state index is 13.3. The second kappa shape index (κ2) is 11.1. The highest BCUT2D eigenvalue weighted by Gasteiger charge is 2.24. The summed E-state index contributed by atoms with van der Waals surface area (Å²) in [5, 5.41) is 6.74. The van der Waals surface area contributed by atoms with E-state index < -0.39 is 0 Å². The van der Waals surface area contributed by atoms with Crippen LogP contribution in [-0.4, -0.2) is 51.5 Å². The van der Waals surface area contributed by atoms with Gasteiger partial charge in [-0.1, -0.05) is 12.5 Å². The Morgan fingerprint density at radius 3 is 2.51 bits per heavy atom. The largest absolute Gasteiger partial charge is 0.315 e. The van der Waals surface area contributed by atoms with E-state index in [1.54, 1.807) is 0 Å². The molecule has 8 heteroatoms. The molecule has 188 valence electrons. The second-order valence-corrected chi connectivity index (χ2v) is 10.0. The summed E-state index contributed by atoms with van der Waals surface area (Å²) in [7, 11) is 0. The molecule has 0 spiro atoms. The van der Waals surface area contributed by atoms with E-state index in [9.17, 15) is 4.79 Å². The average molecular weight is 497 g/mol. The minimum atomic E-state index is -0.137. The monoisotopic (exact) mass is 496 g/mol. The molecule has 1 aromatic carbocycles. The molecule has 2 aliphatic heterocycles. The van der Waals surface area contributed by atoms with E-state index in [2.05, 4.69) is 44.1 Å². The Kier molecular flexibility index (Phi) is 8.09. The van der Waals surface area contributed by atoms with Crippen LogP contribution in [-0.2, 0) is 6.54 Å². The van der Waals surface area contributed by atoms with Gasteiger partial charge in [0.25, 0.3) is 5.91 Å². The van der Waals surface area contributed by atoms with Gasteiger partial charge in [-0.15, -0.1) is 12.4 Å². The van der Waals surface area contributed by atoms with Gasteiger partial charge in [-0.05, 0) is 95.4 Å². The third-order valence-electron chi connectivity index (χ3n) is 7.10. The predicted octanol–water partition coefficient (Wildman–Crippen LogP) is 4.94. The van der Waals surface area contributed by atoms with Crippen molar-refractivity contribution in [3.8, 4) is 0 Å². The Morgan fingerprint density at radius 1 is 1.03 bits per heavy atom. The molecule has 7 nitrogen and oxygen atoms in total. The lowest BCUT2D eigenvalue weighted by Gasteiger charge is -2.21. The van der Waals surface area contributed by atoms with Gasteiger partial charge in [-0.2, -0.15) is 0 Å². The first kappa shape index (κ1) is 25.6. The number of halogens is 1. The van der Waals surface area contributed by atoms with E-state index >= 15 is 0 Å². The fourth-order valence-corrected chi connectivity index (χ4v) is 5.60. The molecule has 2 fully saturated rings. The number of likely N-dealkylation sites (tertiary alicyclic amines) is 1. The zero-order valence-electron chi connectivity index (χ0n) is 21.1. The number of pyridine rings is 1. The highest BCUT2D eigenvalue weighted by atomic mass is 35.5. The number of carbonyl (C=O) groups is 1. The van der Waals surface area contributed by atoms with Crippen molar-refractivity contribution in [1.82, 2.24) is 24.8 Å². The molecule has 2 aliphatic rings. The van der Waals surface area contributed by atoms with Crippen LogP contribution in [0.15, 0.2) is 24.3 Å². The number of aromatic nitrogens is 3. The van der Waals surface area contributed by atoms with Crippen LogP contribution in [0.4, 0.5) is 5.95 Å². The molecule has 2 aromatic heterocycles. The highest BCUT2D eigenvalue weighted by molar-refractivity contribution is 6.04. The van der Waals surface area contributed by atoms with Crippen molar-refractivity contribution in [2.45, 2.75) is 65.5 Å². The Bertz CT molecular complexity index is 1170. The first-order chi connectivity index (χ1) is 16.5. The van der Waals surface area contributed by atoms with Gasteiger partial charge in [-0.25, -0.2) is 4.98 Å².